The zero-order chi connectivity index (χ0) is 15.4. The second-order valence-electron chi connectivity index (χ2n) is 5.55. The largest absolute Gasteiger partial charge is 0.480 e. The summed E-state index contributed by atoms with van der Waals surface area (Å²) in [6.45, 7) is 3.45. The highest BCUT2D eigenvalue weighted by molar-refractivity contribution is 5.91. The van der Waals surface area contributed by atoms with Gasteiger partial charge in [-0.3, -0.25) is 4.79 Å². The van der Waals surface area contributed by atoms with Crippen LogP contribution in [0.15, 0.2) is 18.2 Å². The van der Waals surface area contributed by atoms with Gasteiger partial charge in [0, 0.05) is 6.04 Å². The molecule has 0 bridgehead atoms. The van der Waals surface area contributed by atoms with E-state index in [-0.39, 0.29) is 23.3 Å². The number of ether oxygens (including phenoxy) is 1. The summed E-state index contributed by atoms with van der Waals surface area (Å²) in [5.41, 5.74) is 0.915. The van der Waals surface area contributed by atoms with Gasteiger partial charge in [0.25, 0.3) is 5.91 Å². The number of aromatic carboxylic acids is 1. The summed E-state index contributed by atoms with van der Waals surface area (Å²) in [6.07, 6.45) is 3.57. The zero-order valence-electron chi connectivity index (χ0n) is 12.4. The standard InChI is InChI=1S/C16H21NO4/c1-10-7-8-14(13(9-10)16(19)20)21-11(2)15(18)17-12-5-3-4-6-12/h7-9,11-12H,3-6H2,1-2H3,(H,17,18)(H,19,20). The Labute approximate surface area is 124 Å². The van der Waals surface area contributed by atoms with Gasteiger partial charge in [0.15, 0.2) is 6.10 Å². The highest BCUT2D eigenvalue weighted by Crippen LogP contribution is 2.22. The maximum Gasteiger partial charge on any atom is 0.339 e. The number of hydrogen-bond donors (Lipinski definition) is 2. The Morgan fingerprint density at radius 3 is 2.62 bits per heavy atom. The van der Waals surface area contributed by atoms with Gasteiger partial charge >= 0.3 is 5.97 Å². The molecule has 1 amide bonds. The maximum atomic E-state index is 12.1. The molecule has 1 aromatic carbocycles. The molecule has 0 aliphatic heterocycles. The summed E-state index contributed by atoms with van der Waals surface area (Å²) in [6, 6.07) is 5.13. The summed E-state index contributed by atoms with van der Waals surface area (Å²) >= 11 is 0. The normalized spacial score (nSPS) is 16.5. The molecule has 1 aromatic rings. The van der Waals surface area contributed by atoms with E-state index in [0.717, 1.165) is 31.2 Å². The first-order valence-electron chi connectivity index (χ1n) is 7.28. The third kappa shape index (κ3) is 3.97. The first-order chi connectivity index (χ1) is 9.97. The van der Waals surface area contributed by atoms with E-state index in [4.69, 9.17) is 4.74 Å². The van der Waals surface area contributed by atoms with Crippen LogP contribution in [-0.2, 0) is 4.79 Å². The van der Waals surface area contributed by atoms with E-state index >= 15 is 0 Å². The summed E-state index contributed by atoms with van der Waals surface area (Å²) in [5, 5.41) is 12.1. The first kappa shape index (κ1) is 15.4. The van der Waals surface area contributed by atoms with Crippen molar-refractivity contribution in [3.8, 4) is 5.75 Å². The Kier molecular flexibility index (Phi) is 4.83. The Bertz CT molecular complexity index is 535. The predicted molar refractivity (Wildman–Crippen MR) is 78.6 cm³/mol. The lowest BCUT2D eigenvalue weighted by Gasteiger charge is -2.19. The topological polar surface area (TPSA) is 75.6 Å². The molecule has 1 saturated carbocycles. The number of nitrogens with one attached hydrogen (secondary N) is 1. The van der Waals surface area contributed by atoms with E-state index in [0.29, 0.717) is 0 Å². The van der Waals surface area contributed by atoms with Crippen molar-refractivity contribution in [3.63, 3.8) is 0 Å². The molecule has 0 aromatic heterocycles. The van der Waals surface area contributed by atoms with Crippen molar-refractivity contribution in [1.29, 1.82) is 0 Å². The van der Waals surface area contributed by atoms with Crippen molar-refractivity contribution in [3.05, 3.63) is 29.3 Å². The van der Waals surface area contributed by atoms with Crippen LogP contribution in [0.3, 0.4) is 0 Å². The molecule has 5 nitrogen and oxygen atoms in total. The third-order valence-corrected chi connectivity index (χ3v) is 3.74. The number of carbonyl (C=O) groups excluding carboxylic acids is 1. The maximum absolute atomic E-state index is 12.1. The molecular weight excluding hydrogens is 270 g/mol. The molecule has 1 aliphatic rings. The zero-order valence-corrected chi connectivity index (χ0v) is 12.4. The van der Waals surface area contributed by atoms with Crippen LogP contribution in [-0.4, -0.2) is 29.1 Å². The molecule has 0 radical (unpaired) electrons. The predicted octanol–water partition coefficient (Wildman–Crippen LogP) is 2.52. The van der Waals surface area contributed by atoms with Crippen LogP contribution in [0.5, 0.6) is 5.75 Å². The first-order valence-corrected chi connectivity index (χ1v) is 7.28. The van der Waals surface area contributed by atoms with Gasteiger partial charge in [-0.25, -0.2) is 4.79 Å². The van der Waals surface area contributed by atoms with Crippen molar-refractivity contribution in [2.45, 2.75) is 51.7 Å². The minimum Gasteiger partial charge on any atom is -0.480 e. The minimum absolute atomic E-state index is 0.0792. The molecule has 1 atom stereocenters. The summed E-state index contributed by atoms with van der Waals surface area (Å²) in [4.78, 5) is 23.3. The monoisotopic (exact) mass is 291 g/mol. The molecule has 114 valence electrons. The number of amides is 1. The molecule has 0 heterocycles. The lowest BCUT2D eigenvalue weighted by molar-refractivity contribution is -0.128. The molecule has 1 unspecified atom stereocenters. The second kappa shape index (κ2) is 6.61. The lowest BCUT2D eigenvalue weighted by Crippen LogP contribution is -2.41. The molecule has 2 rings (SSSR count). The van der Waals surface area contributed by atoms with Crippen molar-refractivity contribution < 1.29 is 19.4 Å². The average Bonchev–Trinajstić information content (AvgIpc) is 2.93. The number of hydrogen-bond acceptors (Lipinski definition) is 3. The fraction of sp³-hybridized carbons (Fsp3) is 0.500. The number of aryl methyl sites for hydroxylation is 1. The SMILES string of the molecule is Cc1ccc(OC(C)C(=O)NC2CCCC2)c(C(=O)O)c1. The van der Waals surface area contributed by atoms with Crippen molar-refractivity contribution in [2.75, 3.05) is 0 Å². The van der Waals surface area contributed by atoms with Crippen LogP contribution in [0.2, 0.25) is 0 Å². The number of carboxylic acid groups (broad SMARTS) is 1. The second-order valence-corrected chi connectivity index (χ2v) is 5.55. The summed E-state index contributed by atoms with van der Waals surface area (Å²) < 4.78 is 5.54. The molecule has 21 heavy (non-hydrogen) atoms. The van der Waals surface area contributed by atoms with E-state index in [9.17, 15) is 14.7 Å². The smallest absolute Gasteiger partial charge is 0.339 e. The summed E-state index contributed by atoms with van der Waals surface area (Å²) in [7, 11) is 0. The highest BCUT2D eigenvalue weighted by Gasteiger charge is 2.23. The van der Waals surface area contributed by atoms with E-state index in [1.807, 2.05) is 6.92 Å². The van der Waals surface area contributed by atoms with Crippen LogP contribution < -0.4 is 10.1 Å². The average molecular weight is 291 g/mol. The van der Waals surface area contributed by atoms with Gasteiger partial charge in [-0.2, -0.15) is 0 Å². The molecular formula is C16H21NO4. The molecule has 1 aliphatic carbocycles. The summed E-state index contributed by atoms with van der Waals surface area (Å²) in [5.74, 6) is -1.03. The third-order valence-electron chi connectivity index (χ3n) is 3.74. The fourth-order valence-corrected chi connectivity index (χ4v) is 2.55. The van der Waals surface area contributed by atoms with E-state index in [1.165, 1.54) is 0 Å². The molecule has 0 spiro atoms. The van der Waals surface area contributed by atoms with E-state index in [2.05, 4.69) is 5.32 Å². The van der Waals surface area contributed by atoms with Crippen LogP contribution in [0.1, 0.15) is 48.5 Å². The van der Waals surface area contributed by atoms with Crippen LogP contribution in [0.4, 0.5) is 0 Å². The molecule has 5 heteroatoms. The van der Waals surface area contributed by atoms with Gasteiger partial charge < -0.3 is 15.2 Å². The Hall–Kier alpha value is -2.04. The molecule has 2 N–H and O–H groups in total. The van der Waals surface area contributed by atoms with Gasteiger partial charge in [0.2, 0.25) is 0 Å². The van der Waals surface area contributed by atoms with Gasteiger partial charge in [0.05, 0.1) is 0 Å². The van der Waals surface area contributed by atoms with Gasteiger partial charge in [-0.15, -0.1) is 0 Å². The van der Waals surface area contributed by atoms with E-state index < -0.39 is 12.1 Å². The highest BCUT2D eigenvalue weighted by atomic mass is 16.5. The lowest BCUT2D eigenvalue weighted by atomic mass is 10.1. The van der Waals surface area contributed by atoms with Crippen molar-refractivity contribution in [1.82, 2.24) is 5.32 Å². The number of carboxylic acids is 1. The number of carbonyl (C=O) groups is 2. The van der Waals surface area contributed by atoms with Gasteiger partial charge in [0.1, 0.15) is 11.3 Å². The van der Waals surface area contributed by atoms with Gasteiger partial charge in [-0.1, -0.05) is 24.5 Å². The number of benzene rings is 1. The molecule has 0 saturated heterocycles. The quantitative estimate of drug-likeness (QED) is 0.874. The van der Waals surface area contributed by atoms with Crippen molar-refractivity contribution in [2.24, 2.45) is 0 Å². The van der Waals surface area contributed by atoms with Crippen LogP contribution in [0, 0.1) is 6.92 Å². The Morgan fingerprint density at radius 2 is 2.00 bits per heavy atom. The number of rotatable bonds is 5. The van der Waals surface area contributed by atoms with Gasteiger partial charge in [-0.05, 0) is 38.8 Å². The van der Waals surface area contributed by atoms with Crippen LogP contribution in [0.25, 0.3) is 0 Å². The van der Waals surface area contributed by atoms with Crippen LogP contribution >= 0.6 is 0 Å². The fourth-order valence-electron chi connectivity index (χ4n) is 2.55. The minimum atomic E-state index is -1.06. The van der Waals surface area contributed by atoms with E-state index in [1.54, 1.807) is 25.1 Å². The Balaban J connectivity index is 2.03. The molecule has 1 fully saturated rings. The van der Waals surface area contributed by atoms with Crippen molar-refractivity contribution >= 4 is 11.9 Å². The Morgan fingerprint density at radius 1 is 1.33 bits per heavy atom.